The third kappa shape index (κ3) is 3.55. The van der Waals surface area contributed by atoms with Gasteiger partial charge in [0.05, 0.1) is 12.1 Å². The van der Waals surface area contributed by atoms with Gasteiger partial charge in [-0.1, -0.05) is 6.07 Å². The average molecular weight is 379 g/mol. The van der Waals surface area contributed by atoms with E-state index in [1.165, 1.54) is 24.3 Å². The van der Waals surface area contributed by atoms with Crippen LogP contribution in [-0.2, 0) is 17.8 Å². The fourth-order valence-electron chi connectivity index (χ4n) is 3.86. The van der Waals surface area contributed by atoms with Gasteiger partial charge >= 0.3 is 0 Å². The maximum absolute atomic E-state index is 13.0. The molecule has 0 fully saturated rings. The molecule has 0 bridgehead atoms. The molecule has 6 heteroatoms. The monoisotopic (exact) mass is 379 g/mol. The summed E-state index contributed by atoms with van der Waals surface area (Å²) in [5.41, 5.74) is 5.31. The van der Waals surface area contributed by atoms with E-state index in [0.717, 1.165) is 27.9 Å². The summed E-state index contributed by atoms with van der Waals surface area (Å²) in [6, 6.07) is 9.66. The minimum atomic E-state index is -0.345. The Balaban J connectivity index is 1.54. The van der Waals surface area contributed by atoms with Crippen molar-refractivity contribution in [1.82, 2.24) is 9.88 Å². The molecule has 3 aromatic rings. The van der Waals surface area contributed by atoms with Gasteiger partial charge in [-0.25, -0.2) is 4.39 Å². The van der Waals surface area contributed by atoms with Gasteiger partial charge < -0.3 is 10.3 Å². The number of H-pyrrole nitrogens is 1. The molecule has 28 heavy (non-hydrogen) atoms. The van der Waals surface area contributed by atoms with E-state index in [0.29, 0.717) is 30.6 Å². The van der Waals surface area contributed by atoms with Gasteiger partial charge in [0, 0.05) is 41.8 Å². The lowest BCUT2D eigenvalue weighted by atomic mass is 9.99. The molecule has 0 saturated heterocycles. The normalized spacial score (nSPS) is 14.1. The number of fused-ring (bicyclic) bond motifs is 2. The Kier molecular flexibility index (Phi) is 4.73. The predicted octanol–water partition coefficient (Wildman–Crippen LogP) is 3.28. The topological polar surface area (TPSA) is 65.2 Å². The van der Waals surface area contributed by atoms with E-state index >= 15 is 0 Å². The first-order valence-electron chi connectivity index (χ1n) is 9.33. The second kappa shape index (κ2) is 7.20. The van der Waals surface area contributed by atoms with Crippen LogP contribution in [0.2, 0.25) is 0 Å². The number of aryl methyl sites for hydroxylation is 2. The lowest BCUT2D eigenvalue weighted by Crippen LogP contribution is -2.39. The molecule has 1 aromatic heterocycles. The van der Waals surface area contributed by atoms with Crippen molar-refractivity contribution < 1.29 is 9.18 Å². The SMILES string of the molecule is Cc1cc(C)c2[nH]c3c(c(=O)c2c1)CN(CC(=O)Nc1ccc(F)cc1)CC3. The van der Waals surface area contributed by atoms with E-state index in [1.807, 2.05) is 24.8 Å². The van der Waals surface area contributed by atoms with Crippen LogP contribution in [0.1, 0.15) is 22.4 Å². The zero-order valence-corrected chi connectivity index (χ0v) is 15.9. The number of aromatic nitrogens is 1. The highest BCUT2D eigenvalue weighted by Crippen LogP contribution is 2.21. The predicted molar refractivity (Wildman–Crippen MR) is 108 cm³/mol. The number of nitrogens with one attached hydrogen (secondary N) is 2. The summed E-state index contributed by atoms with van der Waals surface area (Å²) in [5, 5.41) is 3.47. The molecule has 0 spiro atoms. The number of carbonyl (C=O) groups is 1. The Morgan fingerprint density at radius 3 is 2.71 bits per heavy atom. The fourth-order valence-corrected chi connectivity index (χ4v) is 3.86. The molecule has 1 amide bonds. The molecular formula is C22H22FN3O2. The van der Waals surface area contributed by atoms with Gasteiger partial charge in [-0.2, -0.15) is 0 Å². The summed E-state index contributed by atoms with van der Waals surface area (Å²) >= 11 is 0. The van der Waals surface area contributed by atoms with Gasteiger partial charge in [0.25, 0.3) is 0 Å². The highest BCUT2D eigenvalue weighted by Gasteiger charge is 2.23. The Morgan fingerprint density at radius 2 is 1.96 bits per heavy atom. The van der Waals surface area contributed by atoms with Crippen molar-refractivity contribution in [2.24, 2.45) is 0 Å². The van der Waals surface area contributed by atoms with Crippen LogP contribution in [0.4, 0.5) is 10.1 Å². The number of halogens is 1. The maximum atomic E-state index is 13.0. The molecule has 4 rings (SSSR count). The number of nitrogens with zero attached hydrogens (tertiary/aromatic N) is 1. The van der Waals surface area contributed by atoms with Crippen molar-refractivity contribution in [3.8, 4) is 0 Å². The summed E-state index contributed by atoms with van der Waals surface area (Å²) in [5.74, 6) is -0.526. The number of aromatic amines is 1. The van der Waals surface area contributed by atoms with E-state index in [4.69, 9.17) is 0 Å². The number of anilines is 1. The smallest absolute Gasteiger partial charge is 0.238 e. The van der Waals surface area contributed by atoms with E-state index in [1.54, 1.807) is 0 Å². The second-order valence-electron chi connectivity index (χ2n) is 7.43. The van der Waals surface area contributed by atoms with Crippen LogP contribution < -0.4 is 10.7 Å². The van der Waals surface area contributed by atoms with E-state index < -0.39 is 0 Å². The van der Waals surface area contributed by atoms with Gasteiger partial charge in [-0.15, -0.1) is 0 Å². The number of hydrogen-bond donors (Lipinski definition) is 2. The molecule has 0 radical (unpaired) electrons. The Hall–Kier alpha value is -2.99. The van der Waals surface area contributed by atoms with Gasteiger partial charge in [0.2, 0.25) is 5.91 Å². The lowest BCUT2D eigenvalue weighted by Gasteiger charge is -2.28. The van der Waals surface area contributed by atoms with Crippen LogP contribution in [0.25, 0.3) is 10.9 Å². The van der Waals surface area contributed by atoms with Crippen LogP contribution >= 0.6 is 0 Å². The molecule has 2 heterocycles. The Bertz CT molecular complexity index is 1120. The number of rotatable bonds is 3. The first kappa shape index (κ1) is 18.4. The minimum absolute atomic E-state index is 0.0409. The number of pyridine rings is 1. The molecule has 0 unspecified atom stereocenters. The highest BCUT2D eigenvalue weighted by molar-refractivity contribution is 5.92. The number of hydrogen-bond acceptors (Lipinski definition) is 3. The molecule has 1 aliphatic rings. The van der Waals surface area contributed by atoms with Gasteiger partial charge in [-0.3, -0.25) is 14.5 Å². The summed E-state index contributed by atoms with van der Waals surface area (Å²) in [4.78, 5) is 30.8. The largest absolute Gasteiger partial charge is 0.358 e. The van der Waals surface area contributed by atoms with Gasteiger partial charge in [-0.05, 0) is 55.3 Å². The van der Waals surface area contributed by atoms with E-state index in [2.05, 4.69) is 16.4 Å². The maximum Gasteiger partial charge on any atom is 0.238 e. The zero-order valence-electron chi connectivity index (χ0n) is 15.9. The molecule has 0 atom stereocenters. The lowest BCUT2D eigenvalue weighted by molar-refractivity contribution is -0.117. The zero-order chi connectivity index (χ0) is 19.8. The summed E-state index contributed by atoms with van der Waals surface area (Å²) in [7, 11) is 0. The summed E-state index contributed by atoms with van der Waals surface area (Å²) in [6.07, 6.45) is 0.692. The fraction of sp³-hybridized carbons (Fsp3) is 0.273. The molecular weight excluding hydrogens is 357 g/mol. The first-order valence-corrected chi connectivity index (χ1v) is 9.33. The molecule has 0 aliphatic carbocycles. The van der Waals surface area contributed by atoms with Crippen LogP contribution in [0.3, 0.4) is 0 Å². The van der Waals surface area contributed by atoms with Crippen molar-refractivity contribution in [2.45, 2.75) is 26.8 Å². The summed E-state index contributed by atoms with van der Waals surface area (Å²) < 4.78 is 13.0. The standard InChI is InChI=1S/C22H22FN3O2/c1-13-9-14(2)21-17(10-13)22(28)18-11-26(8-7-19(18)25-21)12-20(27)24-16-5-3-15(23)4-6-16/h3-6,9-10H,7-8,11-12H2,1-2H3,(H,24,27)(H,25,28). The van der Waals surface area contributed by atoms with Gasteiger partial charge in [0.15, 0.2) is 5.43 Å². The van der Waals surface area contributed by atoms with Crippen LogP contribution in [0, 0.1) is 19.7 Å². The molecule has 0 saturated carbocycles. The second-order valence-corrected chi connectivity index (χ2v) is 7.43. The first-order chi connectivity index (χ1) is 13.4. The van der Waals surface area contributed by atoms with Crippen molar-refractivity contribution in [3.05, 3.63) is 74.8 Å². The number of carbonyl (C=O) groups excluding carboxylic acids is 1. The molecule has 5 nitrogen and oxygen atoms in total. The number of amides is 1. The quantitative estimate of drug-likeness (QED) is 0.734. The van der Waals surface area contributed by atoms with Crippen LogP contribution in [-0.4, -0.2) is 28.9 Å². The van der Waals surface area contributed by atoms with Crippen molar-refractivity contribution >= 4 is 22.5 Å². The van der Waals surface area contributed by atoms with Crippen molar-refractivity contribution in [3.63, 3.8) is 0 Å². The Labute approximate surface area is 162 Å². The van der Waals surface area contributed by atoms with Crippen LogP contribution in [0.15, 0.2) is 41.2 Å². The van der Waals surface area contributed by atoms with Gasteiger partial charge in [0.1, 0.15) is 5.82 Å². The molecule has 2 N–H and O–H groups in total. The Morgan fingerprint density at radius 1 is 1.21 bits per heavy atom. The van der Waals surface area contributed by atoms with E-state index in [9.17, 15) is 14.0 Å². The molecule has 2 aromatic carbocycles. The van der Waals surface area contributed by atoms with E-state index in [-0.39, 0.29) is 23.7 Å². The number of benzene rings is 2. The third-order valence-electron chi connectivity index (χ3n) is 5.19. The van der Waals surface area contributed by atoms with Crippen molar-refractivity contribution in [1.29, 1.82) is 0 Å². The highest BCUT2D eigenvalue weighted by atomic mass is 19.1. The minimum Gasteiger partial charge on any atom is -0.358 e. The molecule has 144 valence electrons. The average Bonchev–Trinajstić information content (AvgIpc) is 2.65. The van der Waals surface area contributed by atoms with Crippen molar-refractivity contribution in [2.75, 3.05) is 18.4 Å². The van der Waals surface area contributed by atoms with Crippen LogP contribution in [0.5, 0.6) is 0 Å². The third-order valence-corrected chi connectivity index (χ3v) is 5.19. The summed E-state index contributed by atoms with van der Waals surface area (Å²) in [6.45, 7) is 5.30. The molecule has 1 aliphatic heterocycles.